The molecule has 2 N–H and O–H groups in total. The van der Waals surface area contributed by atoms with Crippen LogP contribution in [0.3, 0.4) is 0 Å². The Morgan fingerprint density at radius 3 is 2.23 bits per heavy atom. The van der Waals surface area contributed by atoms with Crippen LogP contribution in [0.15, 0.2) is 48.5 Å². The quantitative estimate of drug-likeness (QED) is 0.660. The first-order valence-electron chi connectivity index (χ1n) is 8.51. The third-order valence-corrected chi connectivity index (χ3v) is 3.88. The number of para-hydroxylation sites is 2. The van der Waals surface area contributed by atoms with Gasteiger partial charge in [-0.2, -0.15) is 0 Å². The lowest BCUT2D eigenvalue weighted by molar-refractivity contribution is 0.101. The van der Waals surface area contributed by atoms with Gasteiger partial charge in [0.25, 0.3) is 5.91 Å². The van der Waals surface area contributed by atoms with E-state index in [1.165, 1.54) is 6.92 Å². The number of aromatic nitrogens is 2. The Morgan fingerprint density at radius 1 is 0.962 bits per heavy atom. The van der Waals surface area contributed by atoms with Crippen molar-refractivity contribution in [2.45, 2.75) is 20.3 Å². The maximum atomic E-state index is 12.7. The normalized spacial score (nSPS) is 10.5. The van der Waals surface area contributed by atoms with Crippen LogP contribution in [0.5, 0.6) is 0 Å². The van der Waals surface area contributed by atoms with Crippen molar-refractivity contribution in [2.75, 3.05) is 17.2 Å². The molecule has 26 heavy (non-hydrogen) atoms. The Morgan fingerprint density at radius 2 is 1.62 bits per heavy atom. The Balaban J connectivity index is 1.91. The molecular weight excluding hydrogens is 328 g/mol. The number of nitrogens with one attached hydrogen (secondary N) is 2. The molecule has 0 aliphatic carbocycles. The Bertz CT molecular complexity index is 952. The number of Topliss-reactive ketones (excluding diaryl/α,β-unsaturated/α-hetero) is 1. The minimum Gasteiger partial charge on any atom is -0.368 e. The minimum atomic E-state index is -0.350. The number of hydrogen-bond donors (Lipinski definition) is 2. The van der Waals surface area contributed by atoms with Crippen molar-refractivity contribution in [2.24, 2.45) is 0 Å². The summed E-state index contributed by atoms with van der Waals surface area (Å²) >= 11 is 0. The van der Waals surface area contributed by atoms with Crippen LogP contribution in [0.25, 0.3) is 11.0 Å². The molecule has 0 bridgehead atoms. The van der Waals surface area contributed by atoms with Gasteiger partial charge in [0.1, 0.15) is 0 Å². The van der Waals surface area contributed by atoms with E-state index in [9.17, 15) is 9.59 Å². The van der Waals surface area contributed by atoms with Crippen LogP contribution >= 0.6 is 0 Å². The van der Waals surface area contributed by atoms with E-state index in [1.54, 1.807) is 24.3 Å². The molecule has 132 valence electrons. The lowest BCUT2D eigenvalue weighted by atomic mass is 10.1. The molecule has 0 unspecified atom stereocenters. The van der Waals surface area contributed by atoms with Crippen LogP contribution in [-0.2, 0) is 0 Å². The molecule has 0 aliphatic heterocycles. The SMILES string of the molecule is CCCNc1nc2ccccc2nc1C(=O)Nc1ccc(C(C)=O)cc1. The fourth-order valence-corrected chi connectivity index (χ4v) is 2.50. The van der Waals surface area contributed by atoms with Crippen molar-refractivity contribution in [3.05, 3.63) is 59.8 Å². The topological polar surface area (TPSA) is 84.0 Å². The standard InChI is InChI=1S/C20H20N4O2/c1-3-12-21-19-18(23-16-6-4-5-7-17(16)24-19)20(26)22-15-10-8-14(9-11-15)13(2)25/h4-11H,3,12H2,1-2H3,(H,21,24)(H,22,26). The van der Waals surface area contributed by atoms with Crippen LogP contribution < -0.4 is 10.6 Å². The number of benzene rings is 2. The smallest absolute Gasteiger partial charge is 0.278 e. The van der Waals surface area contributed by atoms with E-state index in [2.05, 4.69) is 20.6 Å². The lowest BCUT2D eigenvalue weighted by Gasteiger charge is -2.11. The largest absolute Gasteiger partial charge is 0.368 e. The molecule has 1 heterocycles. The highest BCUT2D eigenvalue weighted by Crippen LogP contribution is 2.19. The summed E-state index contributed by atoms with van der Waals surface area (Å²) in [5, 5.41) is 5.98. The van der Waals surface area contributed by atoms with Crippen molar-refractivity contribution >= 4 is 34.2 Å². The maximum absolute atomic E-state index is 12.7. The Kier molecular flexibility index (Phi) is 5.22. The monoisotopic (exact) mass is 348 g/mol. The zero-order chi connectivity index (χ0) is 18.5. The average Bonchev–Trinajstić information content (AvgIpc) is 2.66. The van der Waals surface area contributed by atoms with E-state index in [1.807, 2.05) is 31.2 Å². The van der Waals surface area contributed by atoms with Crippen molar-refractivity contribution in [1.29, 1.82) is 0 Å². The number of rotatable bonds is 6. The van der Waals surface area contributed by atoms with Gasteiger partial charge in [0, 0.05) is 17.8 Å². The zero-order valence-electron chi connectivity index (χ0n) is 14.7. The molecule has 2 aromatic carbocycles. The summed E-state index contributed by atoms with van der Waals surface area (Å²) in [5.74, 6) is 0.0927. The maximum Gasteiger partial charge on any atom is 0.278 e. The summed E-state index contributed by atoms with van der Waals surface area (Å²) in [6.45, 7) is 4.24. The van der Waals surface area contributed by atoms with Crippen LogP contribution in [0.4, 0.5) is 11.5 Å². The van der Waals surface area contributed by atoms with Gasteiger partial charge in [-0.05, 0) is 49.7 Å². The molecule has 0 radical (unpaired) electrons. The highest BCUT2D eigenvalue weighted by molar-refractivity contribution is 6.07. The minimum absolute atomic E-state index is 0.0191. The van der Waals surface area contributed by atoms with Gasteiger partial charge in [-0.3, -0.25) is 9.59 Å². The second-order valence-electron chi connectivity index (χ2n) is 5.92. The second-order valence-corrected chi connectivity index (χ2v) is 5.92. The highest BCUT2D eigenvalue weighted by Gasteiger charge is 2.16. The molecule has 1 amide bonds. The molecule has 0 spiro atoms. The number of carbonyl (C=O) groups is 2. The van der Waals surface area contributed by atoms with E-state index in [0.717, 1.165) is 11.9 Å². The van der Waals surface area contributed by atoms with Crippen molar-refractivity contribution in [3.8, 4) is 0 Å². The number of ketones is 1. The summed E-state index contributed by atoms with van der Waals surface area (Å²) in [4.78, 5) is 33.1. The van der Waals surface area contributed by atoms with Gasteiger partial charge in [-0.25, -0.2) is 9.97 Å². The first-order chi connectivity index (χ1) is 12.6. The number of anilines is 2. The molecule has 1 aromatic heterocycles. The lowest BCUT2D eigenvalue weighted by Crippen LogP contribution is -2.18. The van der Waals surface area contributed by atoms with E-state index in [-0.39, 0.29) is 17.4 Å². The van der Waals surface area contributed by atoms with Crippen molar-refractivity contribution in [3.63, 3.8) is 0 Å². The highest BCUT2D eigenvalue weighted by atomic mass is 16.2. The van der Waals surface area contributed by atoms with Crippen LogP contribution in [0.1, 0.15) is 41.1 Å². The number of carbonyl (C=O) groups excluding carboxylic acids is 2. The van der Waals surface area contributed by atoms with Crippen molar-refractivity contribution < 1.29 is 9.59 Å². The Labute approximate surface area is 151 Å². The van der Waals surface area contributed by atoms with Gasteiger partial charge in [-0.15, -0.1) is 0 Å². The molecule has 0 fully saturated rings. The average molecular weight is 348 g/mol. The van der Waals surface area contributed by atoms with Crippen LogP contribution in [0, 0.1) is 0 Å². The first kappa shape index (κ1) is 17.5. The number of hydrogen-bond acceptors (Lipinski definition) is 5. The van der Waals surface area contributed by atoms with E-state index in [4.69, 9.17) is 0 Å². The van der Waals surface area contributed by atoms with Crippen LogP contribution in [-0.4, -0.2) is 28.2 Å². The molecule has 0 saturated carbocycles. The van der Waals surface area contributed by atoms with Gasteiger partial charge in [-0.1, -0.05) is 19.1 Å². The Hall–Kier alpha value is -3.28. The number of fused-ring (bicyclic) bond motifs is 1. The van der Waals surface area contributed by atoms with E-state index < -0.39 is 0 Å². The van der Waals surface area contributed by atoms with Gasteiger partial charge in [0.05, 0.1) is 11.0 Å². The third-order valence-electron chi connectivity index (χ3n) is 3.88. The van der Waals surface area contributed by atoms with Gasteiger partial charge < -0.3 is 10.6 Å². The zero-order valence-corrected chi connectivity index (χ0v) is 14.7. The summed E-state index contributed by atoms with van der Waals surface area (Å²) in [7, 11) is 0. The predicted octanol–water partition coefficient (Wildman–Crippen LogP) is 3.91. The molecule has 3 rings (SSSR count). The summed E-state index contributed by atoms with van der Waals surface area (Å²) < 4.78 is 0. The molecule has 6 nitrogen and oxygen atoms in total. The summed E-state index contributed by atoms with van der Waals surface area (Å²) in [6.07, 6.45) is 0.905. The van der Waals surface area contributed by atoms with Crippen LogP contribution in [0.2, 0.25) is 0 Å². The molecule has 0 saturated heterocycles. The molecular formula is C20H20N4O2. The molecule has 3 aromatic rings. The summed E-state index contributed by atoms with van der Waals surface area (Å²) in [6, 6.07) is 14.2. The fraction of sp³-hybridized carbons (Fsp3) is 0.200. The summed E-state index contributed by atoms with van der Waals surface area (Å²) in [5.41, 5.74) is 2.82. The van der Waals surface area contributed by atoms with Gasteiger partial charge in [0.2, 0.25) is 0 Å². The third kappa shape index (κ3) is 3.85. The van der Waals surface area contributed by atoms with E-state index >= 15 is 0 Å². The van der Waals surface area contributed by atoms with E-state index in [0.29, 0.717) is 29.1 Å². The van der Waals surface area contributed by atoms with Crippen molar-refractivity contribution in [1.82, 2.24) is 9.97 Å². The molecule has 6 heteroatoms. The fourth-order valence-electron chi connectivity index (χ4n) is 2.50. The predicted molar refractivity (Wildman–Crippen MR) is 103 cm³/mol. The number of nitrogens with zero attached hydrogens (tertiary/aromatic N) is 2. The first-order valence-corrected chi connectivity index (χ1v) is 8.51. The number of amides is 1. The second kappa shape index (κ2) is 7.74. The van der Waals surface area contributed by atoms with Gasteiger partial charge >= 0.3 is 0 Å². The van der Waals surface area contributed by atoms with Gasteiger partial charge in [0.15, 0.2) is 17.3 Å². The molecule has 0 aliphatic rings. The molecule has 0 atom stereocenters.